The molecule has 1 saturated heterocycles. The van der Waals surface area contributed by atoms with E-state index in [-0.39, 0.29) is 17.9 Å². The molecule has 1 aliphatic carbocycles. The Morgan fingerprint density at radius 2 is 2.00 bits per heavy atom. The maximum atomic E-state index is 13.1. The van der Waals surface area contributed by atoms with E-state index in [9.17, 15) is 9.90 Å². The predicted octanol–water partition coefficient (Wildman–Crippen LogP) is 3.77. The third-order valence-electron chi connectivity index (χ3n) is 6.71. The second-order valence-electron chi connectivity index (χ2n) is 8.88. The molecule has 1 amide bonds. The van der Waals surface area contributed by atoms with E-state index in [0.29, 0.717) is 17.2 Å². The number of aliphatic hydroxyl groups excluding tert-OH is 1. The number of amides is 1. The minimum absolute atomic E-state index is 0.0199. The molecule has 2 aromatic carbocycles. The van der Waals surface area contributed by atoms with E-state index < -0.39 is 5.41 Å². The molecule has 1 saturated carbocycles. The second-order valence-corrected chi connectivity index (χ2v) is 8.88. The Hall–Kier alpha value is -2.33. The molecule has 2 atom stereocenters. The van der Waals surface area contributed by atoms with Gasteiger partial charge in [-0.05, 0) is 36.5 Å². The van der Waals surface area contributed by atoms with Gasteiger partial charge in [0.05, 0.1) is 13.7 Å². The van der Waals surface area contributed by atoms with E-state index in [2.05, 4.69) is 30.3 Å². The molecular weight excluding hydrogens is 350 g/mol. The van der Waals surface area contributed by atoms with Crippen molar-refractivity contribution in [1.82, 2.24) is 4.90 Å². The molecular formula is C24H29NO3. The number of carbonyl (C=O) groups is 1. The maximum absolute atomic E-state index is 13.1. The van der Waals surface area contributed by atoms with Gasteiger partial charge in [-0.15, -0.1) is 0 Å². The minimum Gasteiger partial charge on any atom is -0.496 e. The Morgan fingerprint density at radius 3 is 2.64 bits per heavy atom. The molecule has 1 aliphatic heterocycles. The highest BCUT2D eigenvalue weighted by Gasteiger charge is 2.57. The first kappa shape index (κ1) is 19.0. The quantitative estimate of drug-likeness (QED) is 0.860. The number of methoxy groups -OCH3 is 1. The molecule has 4 rings (SSSR count). The third kappa shape index (κ3) is 3.10. The highest BCUT2D eigenvalue weighted by atomic mass is 16.5. The van der Waals surface area contributed by atoms with Crippen LogP contribution in [0.25, 0.3) is 0 Å². The van der Waals surface area contributed by atoms with Crippen molar-refractivity contribution >= 4 is 5.91 Å². The van der Waals surface area contributed by atoms with Gasteiger partial charge in [0.25, 0.3) is 5.91 Å². The summed E-state index contributed by atoms with van der Waals surface area (Å²) in [6.07, 6.45) is 2.20. The zero-order valence-electron chi connectivity index (χ0n) is 16.9. The number of piperidine rings is 1. The summed E-state index contributed by atoms with van der Waals surface area (Å²) in [7, 11) is 1.61. The number of ether oxygens (including phenoxy) is 1. The summed E-state index contributed by atoms with van der Waals surface area (Å²) in [5.41, 5.74) is 2.86. The summed E-state index contributed by atoms with van der Waals surface area (Å²) in [5, 5.41) is 9.67. The van der Waals surface area contributed by atoms with Crippen LogP contribution in [-0.2, 0) is 10.8 Å². The van der Waals surface area contributed by atoms with Crippen LogP contribution >= 0.6 is 0 Å². The normalized spacial score (nSPS) is 23.9. The van der Waals surface area contributed by atoms with Crippen molar-refractivity contribution in [3.63, 3.8) is 0 Å². The number of fused-ring (bicyclic) bond motifs is 1. The summed E-state index contributed by atoms with van der Waals surface area (Å²) < 4.78 is 5.53. The van der Waals surface area contributed by atoms with Gasteiger partial charge < -0.3 is 14.7 Å². The van der Waals surface area contributed by atoms with Gasteiger partial charge in [0.1, 0.15) is 5.75 Å². The first-order valence-corrected chi connectivity index (χ1v) is 10.1. The van der Waals surface area contributed by atoms with Crippen LogP contribution in [0.4, 0.5) is 0 Å². The van der Waals surface area contributed by atoms with Crippen molar-refractivity contribution in [2.75, 3.05) is 26.8 Å². The summed E-state index contributed by atoms with van der Waals surface area (Å²) in [6.45, 7) is 5.56. The number of aliphatic hydroxyl groups is 1. The van der Waals surface area contributed by atoms with Crippen molar-refractivity contribution in [3.05, 3.63) is 65.2 Å². The number of benzene rings is 2. The second kappa shape index (κ2) is 6.93. The molecule has 2 aliphatic rings. The highest BCUT2D eigenvalue weighted by Crippen LogP contribution is 2.59. The van der Waals surface area contributed by atoms with Crippen molar-refractivity contribution < 1.29 is 14.6 Å². The van der Waals surface area contributed by atoms with Gasteiger partial charge in [-0.3, -0.25) is 4.79 Å². The van der Waals surface area contributed by atoms with Crippen LogP contribution in [0.5, 0.6) is 5.75 Å². The number of hydrogen-bond acceptors (Lipinski definition) is 3. The maximum Gasteiger partial charge on any atom is 0.253 e. The predicted molar refractivity (Wildman–Crippen MR) is 110 cm³/mol. The van der Waals surface area contributed by atoms with E-state index in [1.165, 1.54) is 12.0 Å². The fourth-order valence-electron chi connectivity index (χ4n) is 4.72. The zero-order chi connectivity index (χ0) is 19.9. The number of likely N-dealkylation sites (tertiary alicyclic amines) is 1. The number of rotatable bonds is 5. The van der Waals surface area contributed by atoms with E-state index in [1.54, 1.807) is 7.11 Å². The molecule has 4 nitrogen and oxygen atoms in total. The minimum atomic E-state index is -0.415. The van der Waals surface area contributed by atoms with Crippen LogP contribution in [0.2, 0.25) is 0 Å². The fraction of sp³-hybridized carbons (Fsp3) is 0.458. The lowest BCUT2D eigenvalue weighted by Crippen LogP contribution is -2.40. The summed E-state index contributed by atoms with van der Waals surface area (Å²) in [5.74, 6) is 1.29. The van der Waals surface area contributed by atoms with Gasteiger partial charge in [-0.2, -0.15) is 0 Å². The van der Waals surface area contributed by atoms with Crippen molar-refractivity contribution in [1.29, 1.82) is 0 Å². The summed E-state index contributed by atoms with van der Waals surface area (Å²) in [6, 6.07) is 16.3. The first-order chi connectivity index (χ1) is 13.4. The Bertz CT molecular complexity index is 877. The average Bonchev–Trinajstić information content (AvgIpc) is 3.48. The Balaban J connectivity index is 1.51. The van der Waals surface area contributed by atoms with Gasteiger partial charge in [0.2, 0.25) is 0 Å². The topological polar surface area (TPSA) is 49.8 Å². The zero-order valence-corrected chi connectivity index (χ0v) is 16.9. The Kier molecular flexibility index (Phi) is 4.70. The monoisotopic (exact) mass is 379 g/mol. The molecule has 4 heteroatoms. The van der Waals surface area contributed by atoms with E-state index in [4.69, 9.17) is 4.74 Å². The smallest absolute Gasteiger partial charge is 0.253 e. The molecule has 2 aromatic rings. The van der Waals surface area contributed by atoms with Crippen molar-refractivity contribution in [2.24, 2.45) is 5.92 Å². The summed E-state index contributed by atoms with van der Waals surface area (Å²) >= 11 is 0. The number of nitrogens with zero attached hydrogens (tertiary/aromatic N) is 1. The van der Waals surface area contributed by atoms with Crippen molar-refractivity contribution in [3.8, 4) is 5.75 Å². The molecule has 1 N–H and O–H groups in total. The lowest BCUT2D eigenvalue weighted by Gasteiger charge is -2.32. The standard InChI is InChI=1S/C24H29NO3/c1-23(2,16-26)20-10-9-17(13-21(20)28-3)22(27)25-12-11-24(14-19(24)15-25)18-7-5-4-6-8-18/h4-10,13,19,26H,11-12,14-16H2,1-3H3/t19-,24-/m0/s1. The summed E-state index contributed by atoms with van der Waals surface area (Å²) in [4.78, 5) is 15.1. The van der Waals surface area contributed by atoms with Crippen LogP contribution in [0.1, 0.15) is 48.2 Å². The van der Waals surface area contributed by atoms with Gasteiger partial charge in [-0.1, -0.05) is 50.2 Å². The fourth-order valence-corrected chi connectivity index (χ4v) is 4.72. The van der Waals surface area contributed by atoms with Crippen LogP contribution in [0.15, 0.2) is 48.5 Å². The van der Waals surface area contributed by atoms with Gasteiger partial charge in [0, 0.05) is 35.0 Å². The van der Waals surface area contributed by atoms with Crippen LogP contribution in [0, 0.1) is 5.92 Å². The largest absolute Gasteiger partial charge is 0.496 e. The van der Waals surface area contributed by atoms with Crippen molar-refractivity contribution in [2.45, 2.75) is 37.5 Å². The Labute approximate surface area is 167 Å². The van der Waals surface area contributed by atoms with Gasteiger partial charge in [0.15, 0.2) is 0 Å². The average molecular weight is 380 g/mol. The third-order valence-corrected chi connectivity index (χ3v) is 6.71. The van der Waals surface area contributed by atoms with Crippen LogP contribution < -0.4 is 4.74 Å². The molecule has 0 bridgehead atoms. The molecule has 0 aromatic heterocycles. The molecule has 0 unspecified atom stereocenters. The molecule has 1 heterocycles. The number of carbonyl (C=O) groups excluding carboxylic acids is 1. The lowest BCUT2D eigenvalue weighted by atomic mass is 9.84. The lowest BCUT2D eigenvalue weighted by molar-refractivity contribution is 0.0707. The highest BCUT2D eigenvalue weighted by molar-refractivity contribution is 5.95. The first-order valence-electron chi connectivity index (χ1n) is 10.1. The SMILES string of the molecule is COc1cc(C(=O)N2CC[C@@]3(c4ccccc4)C[C@H]3C2)ccc1C(C)(C)CO. The van der Waals surface area contributed by atoms with Gasteiger partial charge >= 0.3 is 0 Å². The molecule has 0 spiro atoms. The van der Waals surface area contributed by atoms with Gasteiger partial charge in [-0.25, -0.2) is 0 Å². The van der Waals surface area contributed by atoms with Crippen LogP contribution in [0.3, 0.4) is 0 Å². The number of hydrogen-bond donors (Lipinski definition) is 1. The molecule has 148 valence electrons. The van der Waals surface area contributed by atoms with Crippen LogP contribution in [-0.4, -0.2) is 42.7 Å². The molecule has 28 heavy (non-hydrogen) atoms. The van der Waals surface area contributed by atoms with E-state index >= 15 is 0 Å². The molecule has 0 radical (unpaired) electrons. The van der Waals surface area contributed by atoms with E-state index in [0.717, 1.165) is 25.1 Å². The Morgan fingerprint density at radius 1 is 1.25 bits per heavy atom. The van der Waals surface area contributed by atoms with E-state index in [1.807, 2.05) is 36.9 Å². The molecule has 2 fully saturated rings.